The molecular weight excluding hydrogens is 208 g/mol. The number of carboxylic acids is 1. The number of hydrogen-bond acceptors (Lipinski definition) is 4. The number of nitrogens with one attached hydrogen (secondary N) is 1. The summed E-state index contributed by atoms with van der Waals surface area (Å²) >= 11 is 0. The van der Waals surface area contributed by atoms with Gasteiger partial charge < -0.3 is 5.11 Å². The Morgan fingerprint density at radius 2 is 2.21 bits per heavy atom. The Kier molecular flexibility index (Phi) is 2.70. The minimum absolute atomic E-state index is 0.0394. The highest BCUT2D eigenvalue weighted by molar-refractivity contribution is 7.92. The van der Waals surface area contributed by atoms with Gasteiger partial charge in [-0.15, -0.1) is 0 Å². The van der Waals surface area contributed by atoms with Crippen LogP contribution in [0.25, 0.3) is 0 Å². The van der Waals surface area contributed by atoms with Crippen molar-refractivity contribution in [3.05, 3.63) is 24.0 Å². The normalized spacial score (nSPS) is 10.9. The summed E-state index contributed by atoms with van der Waals surface area (Å²) in [5.41, 5.74) is -0.173. The number of carbonyl (C=O) groups is 1. The second-order valence-corrected chi connectivity index (χ2v) is 4.35. The van der Waals surface area contributed by atoms with Gasteiger partial charge in [0.05, 0.1) is 23.7 Å². The lowest BCUT2D eigenvalue weighted by molar-refractivity contribution is 0.0698. The van der Waals surface area contributed by atoms with Crippen molar-refractivity contribution >= 4 is 21.7 Å². The van der Waals surface area contributed by atoms with Gasteiger partial charge in [-0.2, -0.15) is 0 Å². The van der Waals surface area contributed by atoms with Crippen LogP contribution in [0.2, 0.25) is 0 Å². The van der Waals surface area contributed by atoms with Gasteiger partial charge in [0.25, 0.3) is 0 Å². The highest BCUT2D eigenvalue weighted by atomic mass is 32.2. The average Bonchev–Trinajstić information content (AvgIpc) is 2.01. The fourth-order valence-electron chi connectivity index (χ4n) is 0.862. The van der Waals surface area contributed by atoms with Crippen molar-refractivity contribution in [3.63, 3.8) is 0 Å². The lowest BCUT2D eigenvalue weighted by Crippen LogP contribution is -2.13. The zero-order valence-electron chi connectivity index (χ0n) is 7.26. The minimum Gasteiger partial charge on any atom is -0.478 e. The smallest absolute Gasteiger partial charge is 0.337 e. The van der Waals surface area contributed by atoms with Crippen LogP contribution in [0.5, 0.6) is 0 Å². The highest BCUT2D eigenvalue weighted by Gasteiger charge is 2.12. The molecular formula is C7H8N2O4S. The number of nitrogens with zero attached hydrogens (tertiary/aromatic N) is 1. The summed E-state index contributed by atoms with van der Waals surface area (Å²) in [6.07, 6.45) is 3.35. The van der Waals surface area contributed by atoms with Crippen molar-refractivity contribution in [1.82, 2.24) is 4.98 Å². The summed E-state index contributed by atoms with van der Waals surface area (Å²) in [5.74, 6) is -1.21. The molecule has 0 aliphatic heterocycles. The minimum atomic E-state index is -3.49. The molecule has 1 rings (SSSR count). The summed E-state index contributed by atoms with van der Waals surface area (Å²) in [4.78, 5) is 14.3. The molecule has 0 amide bonds. The molecule has 1 aromatic heterocycles. The third kappa shape index (κ3) is 2.70. The van der Waals surface area contributed by atoms with E-state index in [1.54, 1.807) is 0 Å². The predicted octanol–water partition coefficient (Wildman–Crippen LogP) is 0.151. The van der Waals surface area contributed by atoms with Crippen molar-refractivity contribution in [3.8, 4) is 0 Å². The second kappa shape index (κ2) is 3.62. The molecule has 0 aliphatic rings. The number of rotatable bonds is 3. The Labute approximate surface area is 80.6 Å². The van der Waals surface area contributed by atoms with Crippen molar-refractivity contribution in [1.29, 1.82) is 0 Å². The van der Waals surface area contributed by atoms with Gasteiger partial charge in [-0.1, -0.05) is 0 Å². The molecule has 0 unspecified atom stereocenters. The first kappa shape index (κ1) is 10.5. The third-order valence-electron chi connectivity index (χ3n) is 1.35. The SMILES string of the molecule is CS(=O)(=O)Nc1cnccc1C(=O)O. The lowest BCUT2D eigenvalue weighted by atomic mass is 10.2. The lowest BCUT2D eigenvalue weighted by Gasteiger charge is -2.05. The summed E-state index contributed by atoms with van der Waals surface area (Å²) in [6.45, 7) is 0. The molecule has 0 saturated carbocycles. The zero-order valence-corrected chi connectivity index (χ0v) is 8.08. The van der Waals surface area contributed by atoms with Gasteiger partial charge in [0.15, 0.2) is 0 Å². The maximum atomic E-state index is 10.8. The number of sulfonamides is 1. The zero-order chi connectivity index (χ0) is 10.8. The van der Waals surface area contributed by atoms with E-state index in [-0.39, 0.29) is 11.3 Å². The number of aromatic nitrogens is 1. The van der Waals surface area contributed by atoms with E-state index in [0.29, 0.717) is 0 Å². The fraction of sp³-hybridized carbons (Fsp3) is 0.143. The molecule has 0 aromatic carbocycles. The quantitative estimate of drug-likeness (QED) is 0.749. The van der Waals surface area contributed by atoms with Crippen LogP contribution in [0.1, 0.15) is 10.4 Å². The number of aromatic carboxylic acids is 1. The van der Waals surface area contributed by atoms with Crippen LogP contribution in [0, 0.1) is 0 Å². The van der Waals surface area contributed by atoms with Crippen molar-refractivity contribution in [2.75, 3.05) is 11.0 Å². The van der Waals surface area contributed by atoms with Gasteiger partial charge in [-0.3, -0.25) is 9.71 Å². The van der Waals surface area contributed by atoms with Gasteiger partial charge in [0.1, 0.15) is 0 Å². The Morgan fingerprint density at radius 1 is 1.57 bits per heavy atom. The third-order valence-corrected chi connectivity index (χ3v) is 1.94. The fourth-order valence-corrected chi connectivity index (χ4v) is 1.42. The van der Waals surface area contributed by atoms with Crippen LogP contribution < -0.4 is 4.72 Å². The summed E-state index contributed by atoms with van der Waals surface area (Å²) < 4.78 is 23.7. The van der Waals surface area contributed by atoms with E-state index in [0.717, 1.165) is 12.5 Å². The maximum absolute atomic E-state index is 10.8. The maximum Gasteiger partial charge on any atom is 0.337 e. The number of anilines is 1. The molecule has 76 valence electrons. The monoisotopic (exact) mass is 216 g/mol. The molecule has 6 nitrogen and oxygen atoms in total. The van der Waals surface area contributed by atoms with E-state index in [2.05, 4.69) is 9.71 Å². The number of carboxylic acid groups (broad SMARTS) is 1. The van der Waals surface area contributed by atoms with Crippen LogP contribution in [0.4, 0.5) is 5.69 Å². The number of hydrogen-bond donors (Lipinski definition) is 2. The summed E-state index contributed by atoms with van der Waals surface area (Å²) in [6, 6.07) is 1.22. The molecule has 0 bridgehead atoms. The van der Waals surface area contributed by atoms with Crippen LogP contribution in [-0.4, -0.2) is 30.7 Å². The van der Waals surface area contributed by atoms with Gasteiger partial charge in [0, 0.05) is 6.20 Å². The molecule has 0 aliphatic carbocycles. The van der Waals surface area contributed by atoms with E-state index >= 15 is 0 Å². The van der Waals surface area contributed by atoms with Crippen LogP contribution in [0.15, 0.2) is 18.5 Å². The topological polar surface area (TPSA) is 96.4 Å². The van der Waals surface area contributed by atoms with Crippen molar-refractivity contribution in [2.45, 2.75) is 0 Å². The summed E-state index contributed by atoms with van der Waals surface area (Å²) in [5, 5.41) is 8.70. The van der Waals surface area contributed by atoms with E-state index in [4.69, 9.17) is 5.11 Å². The first-order valence-electron chi connectivity index (χ1n) is 3.55. The molecule has 0 radical (unpaired) electrons. The molecule has 0 spiro atoms. The molecule has 14 heavy (non-hydrogen) atoms. The van der Waals surface area contributed by atoms with Gasteiger partial charge in [0.2, 0.25) is 10.0 Å². The van der Waals surface area contributed by atoms with Gasteiger partial charge in [-0.05, 0) is 6.07 Å². The van der Waals surface area contributed by atoms with Crippen LogP contribution >= 0.6 is 0 Å². The first-order chi connectivity index (χ1) is 6.40. The van der Waals surface area contributed by atoms with E-state index in [1.807, 2.05) is 0 Å². The molecule has 0 atom stereocenters. The molecule has 2 N–H and O–H groups in total. The van der Waals surface area contributed by atoms with Crippen molar-refractivity contribution < 1.29 is 18.3 Å². The van der Waals surface area contributed by atoms with E-state index < -0.39 is 16.0 Å². The molecule has 0 saturated heterocycles. The predicted molar refractivity (Wildman–Crippen MR) is 49.7 cm³/mol. The van der Waals surface area contributed by atoms with Crippen LogP contribution in [-0.2, 0) is 10.0 Å². The molecule has 1 heterocycles. The van der Waals surface area contributed by atoms with E-state index in [9.17, 15) is 13.2 Å². The summed E-state index contributed by atoms with van der Waals surface area (Å²) in [7, 11) is -3.49. The molecule has 1 aromatic rings. The van der Waals surface area contributed by atoms with Gasteiger partial charge >= 0.3 is 5.97 Å². The Bertz CT molecular complexity index is 455. The Hall–Kier alpha value is -1.63. The Balaban J connectivity index is 3.15. The van der Waals surface area contributed by atoms with Crippen molar-refractivity contribution in [2.24, 2.45) is 0 Å². The second-order valence-electron chi connectivity index (χ2n) is 2.60. The highest BCUT2D eigenvalue weighted by Crippen LogP contribution is 2.13. The Morgan fingerprint density at radius 3 is 2.71 bits per heavy atom. The van der Waals surface area contributed by atoms with Crippen LogP contribution in [0.3, 0.4) is 0 Å². The van der Waals surface area contributed by atoms with Gasteiger partial charge in [-0.25, -0.2) is 13.2 Å². The standard InChI is InChI=1S/C7H8N2O4S/c1-14(12,13)9-6-4-8-3-2-5(6)7(10)11/h2-4,9H,1H3,(H,10,11). The molecule has 7 heteroatoms. The average molecular weight is 216 g/mol. The first-order valence-corrected chi connectivity index (χ1v) is 5.44. The van der Waals surface area contributed by atoms with E-state index in [1.165, 1.54) is 12.3 Å². The number of pyridine rings is 1. The largest absolute Gasteiger partial charge is 0.478 e. The molecule has 0 fully saturated rings.